The maximum Gasteiger partial charge on any atom is 0.234 e. The highest BCUT2D eigenvalue weighted by Crippen LogP contribution is 2.26. The fourth-order valence-corrected chi connectivity index (χ4v) is 3.82. The molecule has 1 N–H and O–H groups in total. The molecule has 29 heavy (non-hydrogen) atoms. The van der Waals surface area contributed by atoms with E-state index in [-0.39, 0.29) is 11.7 Å². The van der Waals surface area contributed by atoms with Crippen molar-refractivity contribution in [1.82, 2.24) is 19.7 Å². The monoisotopic (exact) mass is 417 g/mol. The molecule has 1 amide bonds. The van der Waals surface area contributed by atoms with Gasteiger partial charge in [-0.25, -0.2) is 0 Å². The molecule has 1 aromatic carbocycles. The van der Waals surface area contributed by atoms with Gasteiger partial charge >= 0.3 is 0 Å². The number of benzene rings is 1. The first kappa shape index (κ1) is 21.4. The summed E-state index contributed by atoms with van der Waals surface area (Å²) in [6.07, 6.45) is 1.81. The van der Waals surface area contributed by atoms with Gasteiger partial charge in [0.25, 0.3) is 0 Å². The van der Waals surface area contributed by atoms with Crippen LogP contribution in [0.5, 0.6) is 5.75 Å². The van der Waals surface area contributed by atoms with Gasteiger partial charge in [-0.1, -0.05) is 23.9 Å². The number of methoxy groups -OCH3 is 1. The second kappa shape index (κ2) is 10.4. The highest BCUT2D eigenvalue weighted by atomic mass is 32.2. The Labute approximate surface area is 175 Å². The number of allylic oxidation sites excluding steroid dienone is 1. The lowest BCUT2D eigenvalue weighted by Gasteiger charge is -2.26. The van der Waals surface area contributed by atoms with Crippen LogP contribution >= 0.6 is 11.8 Å². The van der Waals surface area contributed by atoms with E-state index in [1.807, 2.05) is 35.8 Å². The molecular formula is C20H27N5O3S. The van der Waals surface area contributed by atoms with Crippen LogP contribution in [0.1, 0.15) is 11.4 Å². The van der Waals surface area contributed by atoms with Crippen LogP contribution in [0.25, 0.3) is 0 Å². The van der Waals surface area contributed by atoms with Crippen LogP contribution < -0.4 is 10.1 Å². The Kier molecular flexibility index (Phi) is 7.68. The van der Waals surface area contributed by atoms with Gasteiger partial charge in [-0.3, -0.25) is 9.69 Å². The van der Waals surface area contributed by atoms with Gasteiger partial charge in [0.15, 0.2) is 5.16 Å². The summed E-state index contributed by atoms with van der Waals surface area (Å²) in [6, 6.07) is 5.68. The number of aromatic nitrogens is 3. The van der Waals surface area contributed by atoms with Gasteiger partial charge in [0, 0.05) is 19.6 Å². The molecule has 2 heterocycles. The van der Waals surface area contributed by atoms with Crippen LogP contribution in [0.3, 0.4) is 0 Å². The number of ether oxygens (including phenoxy) is 2. The third kappa shape index (κ3) is 5.81. The van der Waals surface area contributed by atoms with E-state index in [4.69, 9.17) is 9.47 Å². The van der Waals surface area contributed by atoms with E-state index in [0.29, 0.717) is 29.7 Å². The molecule has 1 aromatic heterocycles. The van der Waals surface area contributed by atoms with E-state index < -0.39 is 0 Å². The number of carbonyl (C=O) groups excluding carboxylic acids is 1. The zero-order valence-corrected chi connectivity index (χ0v) is 17.7. The van der Waals surface area contributed by atoms with Gasteiger partial charge in [-0.15, -0.1) is 16.8 Å². The SMILES string of the molecule is C=CCn1c(CN2CCOCC2)nnc1SCC(=O)Nc1cc(C)ccc1OC. The molecule has 0 unspecified atom stereocenters. The zero-order chi connectivity index (χ0) is 20.6. The van der Waals surface area contributed by atoms with Crippen molar-refractivity contribution in [3.8, 4) is 5.75 Å². The van der Waals surface area contributed by atoms with Gasteiger partial charge in [-0.05, 0) is 24.6 Å². The van der Waals surface area contributed by atoms with Gasteiger partial charge in [0.2, 0.25) is 5.91 Å². The molecule has 8 nitrogen and oxygen atoms in total. The Bertz CT molecular complexity index is 849. The Hall–Kier alpha value is -2.36. The summed E-state index contributed by atoms with van der Waals surface area (Å²) < 4.78 is 12.7. The minimum atomic E-state index is -0.123. The highest BCUT2D eigenvalue weighted by Gasteiger charge is 2.18. The van der Waals surface area contributed by atoms with E-state index >= 15 is 0 Å². The van der Waals surface area contributed by atoms with Crippen molar-refractivity contribution < 1.29 is 14.3 Å². The summed E-state index contributed by atoms with van der Waals surface area (Å²) in [5.41, 5.74) is 1.71. The van der Waals surface area contributed by atoms with Gasteiger partial charge in [-0.2, -0.15) is 0 Å². The fraction of sp³-hybridized carbons (Fsp3) is 0.450. The topological polar surface area (TPSA) is 81.5 Å². The van der Waals surface area contributed by atoms with E-state index in [1.165, 1.54) is 11.8 Å². The molecule has 2 aromatic rings. The van der Waals surface area contributed by atoms with E-state index in [9.17, 15) is 4.79 Å². The number of nitrogens with zero attached hydrogens (tertiary/aromatic N) is 4. The number of amides is 1. The standard InChI is InChI=1S/C20H27N5O3S/c1-4-7-25-18(13-24-8-10-28-11-9-24)22-23-20(25)29-14-19(26)21-16-12-15(2)5-6-17(16)27-3/h4-6,12H,1,7-11,13-14H2,2-3H3,(H,21,26). The van der Waals surface area contributed by atoms with Crippen molar-refractivity contribution in [3.05, 3.63) is 42.2 Å². The third-order valence-corrected chi connectivity index (χ3v) is 5.50. The predicted octanol–water partition coefficient (Wildman–Crippen LogP) is 2.34. The minimum Gasteiger partial charge on any atom is -0.495 e. The average Bonchev–Trinajstić information content (AvgIpc) is 3.09. The third-order valence-electron chi connectivity index (χ3n) is 4.54. The Morgan fingerprint density at radius 3 is 2.90 bits per heavy atom. The Balaban J connectivity index is 1.63. The molecule has 1 fully saturated rings. The first-order valence-electron chi connectivity index (χ1n) is 9.51. The molecule has 0 saturated carbocycles. The highest BCUT2D eigenvalue weighted by molar-refractivity contribution is 7.99. The minimum absolute atomic E-state index is 0.123. The van der Waals surface area contributed by atoms with Crippen LogP contribution in [0.4, 0.5) is 5.69 Å². The predicted molar refractivity (Wildman–Crippen MR) is 113 cm³/mol. The molecule has 0 radical (unpaired) electrons. The maximum absolute atomic E-state index is 12.5. The van der Waals surface area contributed by atoms with Gasteiger partial charge in [0.1, 0.15) is 11.6 Å². The maximum atomic E-state index is 12.5. The average molecular weight is 418 g/mol. The number of thioether (sulfide) groups is 1. The number of anilines is 1. The number of carbonyl (C=O) groups is 1. The van der Waals surface area contributed by atoms with Crippen molar-refractivity contribution in [2.45, 2.75) is 25.2 Å². The van der Waals surface area contributed by atoms with Crippen LogP contribution in [0, 0.1) is 6.92 Å². The Morgan fingerprint density at radius 2 is 2.17 bits per heavy atom. The quantitative estimate of drug-likeness (QED) is 0.495. The van der Waals surface area contributed by atoms with Crippen molar-refractivity contribution in [3.63, 3.8) is 0 Å². The molecule has 0 atom stereocenters. The van der Waals surface area contributed by atoms with Crippen molar-refractivity contribution in [1.29, 1.82) is 0 Å². The van der Waals surface area contributed by atoms with Crippen molar-refractivity contribution >= 4 is 23.4 Å². The van der Waals surface area contributed by atoms with Gasteiger partial charge in [0.05, 0.1) is 38.3 Å². The normalized spacial score (nSPS) is 14.6. The molecule has 1 saturated heterocycles. The lowest BCUT2D eigenvalue weighted by atomic mass is 10.2. The number of hydrogen-bond donors (Lipinski definition) is 1. The zero-order valence-electron chi connectivity index (χ0n) is 16.9. The largest absolute Gasteiger partial charge is 0.495 e. The van der Waals surface area contributed by atoms with Crippen LogP contribution in [0.15, 0.2) is 36.0 Å². The van der Waals surface area contributed by atoms with Crippen LogP contribution in [-0.4, -0.2) is 64.7 Å². The molecule has 9 heteroatoms. The van der Waals surface area contributed by atoms with E-state index in [2.05, 4.69) is 27.0 Å². The molecular weight excluding hydrogens is 390 g/mol. The lowest BCUT2D eigenvalue weighted by Crippen LogP contribution is -2.36. The number of rotatable bonds is 9. The summed E-state index contributed by atoms with van der Waals surface area (Å²) in [6.45, 7) is 10.3. The lowest BCUT2D eigenvalue weighted by molar-refractivity contribution is -0.113. The van der Waals surface area contributed by atoms with Gasteiger partial charge < -0.3 is 19.4 Å². The van der Waals surface area contributed by atoms with Crippen LogP contribution in [0.2, 0.25) is 0 Å². The number of nitrogens with one attached hydrogen (secondary N) is 1. The first-order valence-corrected chi connectivity index (χ1v) is 10.5. The first-order chi connectivity index (χ1) is 14.1. The Morgan fingerprint density at radius 1 is 1.38 bits per heavy atom. The summed E-state index contributed by atoms with van der Waals surface area (Å²) in [5.74, 6) is 1.61. The van der Waals surface area contributed by atoms with Crippen molar-refractivity contribution in [2.75, 3.05) is 44.5 Å². The van der Waals surface area contributed by atoms with Crippen molar-refractivity contribution in [2.24, 2.45) is 0 Å². The van der Waals surface area contributed by atoms with Crippen LogP contribution in [-0.2, 0) is 22.6 Å². The summed E-state index contributed by atoms with van der Waals surface area (Å²) in [5, 5.41) is 12.3. The smallest absolute Gasteiger partial charge is 0.234 e. The molecule has 0 bridgehead atoms. The fourth-order valence-electron chi connectivity index (χ4n) is 3.05. The summed E-state index contributed by atoms with van der Waals surface area (Å²) >= 11 is 1.36. The van der Waals surface area contributed by atoms with E-state index in [0.717, 1.165) is 37.7 Å². The number of morpholine rings is 1. The molecule has 156 valence electrons. The molecule has 3 rings (SSSR count). The number of hydrogen-bond acceptors (Lipinski definition) is 7. The molecule has 1 aliphatic heterocycles. The second-order valence-electron chi connectivity index (χ2n) is 6.73. The summed E-state index contributed by atoms with van der Waals surface area (Å²) in [7, 11) is 1.59. The molecule has 0 spiro atoms. The van der Waals surface area contributed by atoms with E-state index in [1.54, 1.807) is 7.11 Å². The molecule has 0 aliphatic carbocycles. The summed E-state index contributed by atoms with van der Waals surface area (Å²) in [4.78, 5) is 14.8. The second-order valence-corrected chi connectivity index (χ2v) is 7.67. The number of aryl methyl sites for hydroxylation is 1. The molecule has 1 aliphatic rings.